The molecule has 1 unspecified atom stereocenters. The fourth-order valence-electron chi connectivity index (χ4n) is 1.70. The molecule has 1 radical (unpaired) electrons. The number of unbranched alkanes of at least 4 members (excludes halogenated alkanes) is 4. The number of hydrogen-bond donors (Lipinski definition) is 0. The molecule has 0 fully saturated rings. The molecule has 0 N–H and O–H groups in total. The van der Waals surface area contributed by atoms with Gasteiger partial charge < -0.3 is 0 Å². The Kier molecular flexibility index (Phi) is 10.1. The van der Waals surface area contributed by atoms with Crippen LogP contribution in [-0.4, -0.2) is 0 Å². The molecule has 0 aromatic rings. The molecule has 0 amide bonds. The smallest absolute Gasteiger partial charge is 0.0355 e. The van der Waals surface area contributed by atoms with Gasteiger partial charge in [0.1, 0.15) is 0 Å². The first-order chi connectivity index (χ1) is 6.35. The van der Waals surface area contributed by atoms with Gasteiger partial charge in [0.2, 0.25) is 0 Å². The topological polar surface area (TPSA) is 0 Å². The highest BCUT2D eigenvalue weighted by Crippen LogP contribution is 2.19. The van der Waals surface area contributed by atoms with E-state index in [1.54, 1.807) is 0 Å². The molecule has 0 saturated carbocycles. The summed E-state index contributed by atoms with van der Waals surface area (Å²) < 4.78 is 0. The lowest BCUT2D eigenvalue weighted by Gasteiger charge is -2.13. The molecule has 13 heavy (non-hydrogen) atoms. The zero-order valence-corrected chi connectivity index (χ0v) is 9.81. The van der Waals surface area contributed by atoms with Gasteiger partial charge >= 0.3 is 0 Å². The monoisotopic (exact) mass is 183 g/mol. The highest BCUT2D eigenvalue weighted by Gasteiger charge is 2.04. The first-order valence-electron chi connectivity index (χ1n) is 6.18. The molecule has 0 aromatic carbocycles. The van der Waals surface area contributed by atoms with E-state index in [1.165, 1.54) is 51.4 Å². The van der Waals surface area contributed by atoms with Gasteiger partial charge in [-0.2, -0.15) is 0 Å². The summed E-state index contributed by atoms with van der Waals surface area (Å²) in [5.74, 6) is 0.901. The molecular weight excluding hydrogens is 156 g/mol. The van der Waals surface area contributed by atoms with Crippen LogP contribution in [0.15, 0.2) is 0 Å². The summed E-state index contributed by atoms with van der Waals surface area (Å²) in [7, 11) is 0. The molecule has 0 heteroatoms. The Morgan fingerprint density at radius 2 is 1.62 bits per heavy atom. The van der Waals surface area contributed by atoms with Gasteiger partial charge in [-0.1, -0.05) is 65.7 Å². The van der Waals surface area contributed by atoms with Crippen molar-refractivity contribution in [3.63, 3.8) is 0 Å². The molecule has 0 nitrogen and oxygen atoms in total. The predicted octanol–water partition coefficient (Wildman–Crippen LogP) is 4.99. The van der Waals surface area contributed by atoms with Gasteiger partial charge in [-0.05, 0) is 18.8 Å². The number of rotatable bonds is 9. The van der Waals surface area contributed by atoms with Crippen LogP contribution in [0.2, 0.25) is 0 Å². The Morgan fingerprint density at radius 3 is 2.15 bits per heavy atom. The van der Waals surface area contributed by atoms with E-state index in [0.29, 0.717) is 0 Å². The maximum absolute atomic E-state index is 2.55. The van der Waals surface area contributed by atoms with Crippen LogP contribution in [0.5, 0.6) is 0 Å². The van der Waals surface area contributed by atoms with Crippen molar-refractivity contribution in [2.45, 2.75) is 72.1 Å². The van der Waals surface area contributed by atoms with Crippen molar-refractivity contribution in [2.75, 3.05) is 0 Å². The zero-order chi connectivity index (χ0) is 9.94. The average Bonchev–Trinajstić information content (AvgIpc) is 2.16. The molecule has 0 aliphatic carbocycles. The minimum Gasteiger partial charge on any atom is -0.0654 e. The molecule has 0 aromatic heterocycles. The van der Waals surface area contributed by atoms with Crippen molar-refractivity contribution >= 4 is 0 Å². The van der Waals surface area contributed by atoms with Gasteiger partial charge in [-0.15, -0.1) is 0 Å². The van der Waals surface area contributed by atoms with E-state index in [4.69, 9.17) is 0 Å². The van der Waals surface area contributed by atoms with Crippen molar-refractivity contribution in [2.24, 2.45) is 5.92 Å². The Morgan fingerprint density at radius 1 is 0.923 bits per heavy atom. The minimum absolute atomic E-state index is 0.901. The molecule has 1 atom stereocenters. The Balaban J connectivity index is 3.28. The summed E-state index contributed by atoms with van der Waals surface area (Å²) in [6.07, 6.45) is 13.6. The van der Waals surface area contributed by atoms with E-state index in [-0.39, 0.29) is 0 Å². The molecule has 79 valence electrons. The molecule has 0 spiro atoms. The van der Waals surface area contributed by atoms with Crippen LogP contribution >= 0.6 is 0 Å². The average molecular weight is 183 g/mol. The summed E-state index contributed by atoms with van der Waals surface area (Å²) in [6, 6.07) is 0. The minimum atomic E-state index is 0.901. The second-order valence-corrected chi connectivity index (χ2v) is 4.04. The zero-order valence-electron chi connectivity index (χ0n) is 9.81. The quantitative estimate of drug-likeness (QED) is 0.442. The molecule has 0 rings (SSSR count). The third-order valence-corrected chi connectivity index (χ3v) is 2.76. The Bertz CT molecular complexity index is 76.0. The lowest BCUT2D eigenvalue weighted by Crippen LogP contribution is -1.99. The Hall–Kier alpha value is 0. The standard InChI is InChI=1S/C13H27/c1-4-7-9-11-13(6-3)12-10-8-5-2/h11,13H,4-10,12H2,1-3H3. The second-order valence-electron chi connectivity index (χ2n) is 4.04. The van der Waals surface area contributed by atoms with Gasteiger partial charge in [0.05, 0.1) is 0 Å². The van der Waals surface area contributed by atoms with Crippen molar-refractivity contribution in [1.29, 1.82) is 0 Å². The van der Waals surface area contributed by atoms with Crippen molar-refractivity contribution in [1.82, 2.24) is 0 Å². The normalized spacial score (nSPS) is 11.1. The first kappa shape index (κ1) is 13.0. The van der Waals surface area contributed by atoms with Crippen molar-refractivity contribution in [3.05, 3.63) is 6.42 Å². The third kappa shape index (κ3) is 8.33. The third-order valence-electron chi connectivity index (χ3n) is 2.76. The van der Waals surface area contributed by atoms with Gasteiger partial charge in [0.15, 0.2) is 0 Å². The first-order valence-corrected chi connectivity index (χ1v) is 6.18. The maximum atomic E-state index is 2.55. The lowest BCUT2D eigenvalue weighted by molar-refractivity contribution is 0.480. The van der Waals surface area contributed by atoms with Crippen LogP contribution in [0.25, 0.3) is 0 Å². The van der Waals surface area contributed by atoms with Gasteiger partial charge in [0, 0.05) is 0 Å². The SMILES string of the molecule is CCCC[CH]C(CC)CCCCC. The number of hydrogen-bond acceptors (Lipinski definition) is 0. The lowest BCUT2D eigenvalue weighted by atomic mass is 9.93. The second kappa shape index (κ2) is 10.1. The van der Waals surface area contributed by atoms with Crippen LogP contribution in [-0.2, 0) is 0 Å². The molecule has 0 heterocycles. The molecule has 0 aliphatic rings. The summed E-state index contributed by atoms with van der Waals surface area (Å²) in [4.78, 5) is 0. The summed E-state index contributed by atoms with van der Waals surface area (Å²) >= 11 is 0. The fraction of sp³-hybridized carbons (Fsp3) is 0.923. The van der Waals surface area contributed by atoms with Crippen LogP contribution in [0.3, 0.4) is 0 Å². The van der Waals surface area contributed by atoms with E-state index in [2.05, 4.69) is 27.2 Å². The van der Waals surface area contributed by atoms with Crippen LogP contribution in [0.4, 0.5) is 0 Å². The van der Waals surface area contributed by atoms with E-state index in [0.717, 1.165) is 5.92 Å². The summed E-state index contributed by atoms with van der Waals surface area (Å²) in [5, 5.41) is 0. The van der Waals surface area contributed by atoms with E-state index >= 15 is 0 Å². The van der Waals surface area contributed by atoms with Gasteiger partial charge in [-0.25, -0.2) is 0 Å². The van der Waals surface area contributed by atoms with Gasteiger partial charge in [-0.3, -0.25) is 0 Å². The van der Waals surface area contributed by atoms with Gasteiger partial charge in [0.25, 0.3) is 0 Å². The molecule has 0 bridgehead atoms. The van der Waals surface area contributed by atoms with E-state index in [9.17, 15) is 0 Å². The largest absolute Gasteiger partial charge is 0.0654 e. The molecular formula is C13H27. The summed E-state index contributed by atoms with van der Waals surface area (Å²) in [5.41, 5.74) is 0. The molecule has 0 saturated heterocycles. The highest BCUT2D eigenvalue weighted by molar-refractivity contribution is 4.74. The van der Waals surface area contributed by atoms with Crippen LogP contribution in [0, 0.1) is 12.3 Å². The van der Waals surface area contributed by atoms with E-state index in [1.807, 2.05) is 0 Å². The van der Waals surface area contributed by atoms with Crippen LogP contribution < -0.4 is 0 Å². The predicted molar refractivity (Wildman–Crippen MR) is 61.7 cm³/mol. The maximum Gasteiger partial charge on any atom is -0.0355 e. The van der Waals surface area contributed by atoms with Crippen molar-refractivity contribution in [3.8, 4) is 0 Å². The van der Waals surface area contributed by atoms with Crippen molar-refractivity contribution < 1.29 is 0 Å². The Labute approximate surface area is 85.1 Å². The fourth-order valence-corrected chi connectivity index (χ4v) is 1.70. The van der Waals surface area contributed by atoms with E-state index < -0.39 is 0 Å². The highest BCUT2D eigenvalue weighted by atomic mass is 14.1. The molecule has 0 aliphatic heterocycles. The van der Waals surface area contributed by atoms with Crippen LogP contribution in [0.1, 0.15) is 72.1 Å². The summed E-state index contributed by atoms with van der Waals surface area (Å²) in [6.45, 7) is 6.87.